The van der Waals surface area contributed by atoms with Crippen molar-refractivity contribution in [3.63, 3.8) is 0 Å². The highest BCUT2D eigenvalue weighted by molar-refractivity contribution is 6.10. The number of carbonyl (C=O) groups excluding carboxylic acids is 2. The third kappa shape index (κ3) is 5.41. The van der Waals surface area contributed by atoms with Crippen LogP contribution in [0.5, 0.6) is 0 Å². The molecular formula is C29H27N3O4. The molecule has 0 bridgehead atoms. The fourth-order valence-electron chi connectivity index (χ4n) is 3.80. The maximum Gasteiger partial charge on any atom is 0.338 e. The summed E-state index contributed by atoms with van der Waals surface area (Å²) >= 11 is 0. The zero-order valence-electron chi connectivity index (χ0n) is 20.2. The molecule has 0 saturated carbocycles. The van der Waals surface area contributed by atoms with Crippen molar-refractivity contribution in [2.75, 3.05) is 11.9 Å². The van der Waals surface area contributed by atoms with Gasteiger partial charge in [0.2, 0.25) is 0 Å². The molecule has 4 aromatic rings. The molecule has 7 heteroatoms. The van der Waals surface area contributed by atoms with Crippen LogP contribution in [0.15, 0.2) is 89.7 Å². The highest BCUT2D eigenvalue weighted by Gasteiger charge is 2.24. The average Bonchev–Trinajstić information content (AvgIpc) is 2.91. The van der Waals surface area contributed by atoms with E-state index < -0.39 is 17.4 Å². The molecule has 3 aromatic carbocycles. The summed E-state index contributed by atoms with van der Waals surface area (Å²) < 4.78 is 6.41. The summed E-state index contributed by atoms with van der Waals surface area (Å²) in [5, 5.41) is 7.31. The number of ether oxygens (including phenoxy) is 1. The first-order chi connectivity index (χ1) is 17.5. The van der Waals surface area contributed by atoms with E-state index in [0.29, 0.717) is 34.7 Å². The molecular weight excluding hydrogens is 454 g/mol. The molecule has 4 rings (SSSR count). The Balaban J connectivity index is 1.72. The zero-order valence-corrected chi connectivity index (χ0v) is 20.2. The van der Waals surface area contributed by atoms with Gasteiger partial charge < -0.3 is 10.1 Å². The molecule has 182 valence electrons. The molecule has 0 fully saturated rings. The van der Waals surface area contributed by atoms with Crippen LogP contribution < -0.4 is 10.9 Å². The van der Waals surface area contributed by atoms with Gasteiger partial charge >= 0.3 is 5.97 Å². The largest absolute Gasteiger partial charge is 0.462 e. The molecule has 0 aliphatic rings. The van der Waals surface area contributed by atoms with Crippen LogP contribution in [0.4, 0.5) is 5.69 Å². The van der Waals surface area contributed by atoms with Crippen LogP contribution in [-0.2, 0) is 11.8 Å². The highest BCUT2D eigenvalue weighted by Crippen LogP contribution is 2.32. The minimum atomic E-state index is -0.563. The molecule has 1 amide bonds. The van der Waals surface area contributed by atoms with Crippen LogP contribution in [0.25, 0.3) is 22.4 Å². The molecule has 36 heavy (non-hydrogen) atoms. The van der Waals surface area contributed by atoms with Gasteiger partial charge in [-0.3, -0.25) is 9.59 Å². The molecule has 0 aliphatic carbocycles. The second-order valence-electron chi connectivity index (χ2n) is 8.28. The number of hydrogen-bond donors (Lipinski definition) is 1. The number of hydrogen-bond acceptors (Lipinski definition) is 5. The van der Waals surface area contributed by atoms with Gasteiger partial charge in [0.25, 0.3) is 11.5 Å². The summed E-state index contributed by atoms with van der Waals surface area (Å²) in [5.41, 5.74) is 2.79. The minimum absolute atomic E-state index is 0.0133. The molecule has 0 spiro atoms. The number of amides is 1. The summed E-state index contributed by atoms with van der Waals surface area (Å²) in [6, 6.07) is 25.1. The fourth-order valence-corrected chi connectivity index (χ4v) is 3.80. The van der Waals surface area contributed by atoms with Crippen molar-refractivity contribution in [2.24, 2.45) is 7.05 Å². The second-order valence-corrected chi connectivity index (χ2v) is 8.28. The molecule has 0 aliphatic heterocycles. The highest BCUT2D eigenvalue weighted by atomic mass is 16.5. The number of aryl methyl sites for hydroxylation is 1. The summed E-state index contributed by atoms with van der Waals surface area (Å²) in [7, 11) is 1.53. The van der Waals surface area contributed by atoms with Gasteiger partial charge in [-0.25, -0.2) is 9.48 Å². The van der Waals surface area contributed by atoms with Crippen LogP contribution >= 0.6 is 0 Å². The monoisotopic (exact) mass is 481 g/mol. The summed E-state index contributed by atoms with van der Waals surface area (Å²) in [6.45, 7) is 2.39. The molecule has 1 heterocycles. The van der Waals surface area contributed by atoms with E-state index in [4.69, 9.17) is 4.74 Å². The number of nitrogens with zero attached hydrogens (tertiary/aromatic N) is 2. The minimum Gasteiger partial charge on any atom is -0.462 e. The number of rotatable bonds is 8. The first-order valence-electron chi connectivity index (χ1n) is 11.8. The van der Waals surface area contributed by atoms with Crippen molar-refractivity contribution in [2.45, 2.75) is 19.8 Å². The Morgan fingerprint density at radius 3 is 2.11 bits per heavy atom. The Hall–Kier alpha value is -4.52. The summed E-state index contributed by atoms with van der Waals surface area (Å²) in [5.74, 6) is -0.976. The average molecular weight is 482 g/mol. The van der Waals surface area contributed by atoms with Gasteiger partial charge in [-0.1, -0.05) is 74.0 Å². The topological polar surface area (TPSA) is 90.3 Å². The van der Waals surface area contributed by atoms with Gasteiger partial charge in [0.1, 0.15) is 5.56 Å². The molecule has 7 nitrogen and oxygen atoms in total. The van der Waals surface area contributed by atoms with E-state index in [1.807, 2.05) is 67.6 Å². The first-order valence-corrected chi connectivity index (χ1v) is 11.8. The number of anilines is 1. The lowest BCUT2D eigenvalue weighted by molar-refractivity contribution is 0.0499. The number of unbranched alkanes of at least 4 members (excludes halogenated alkanes) is 1. The zero-order chi connectivity index (χ0) is 25.5. The van der Waals surface area contributed by atoms with Crippen LogP contribution in [0.2, 0.25) is 0 Å². The molecule has 1 aromatic heterocycles. The number of aromatic nitrogens is 2. The standard InChI is InChI=1S/C29H27N3O4/c1-3-4-19-36-29(35)22-15-17-23(18-16-22)30-27(33)25-24(20-11-7-5-8-12-20)26(31-32(2)28(25)34)21-13-9-6-10-14-21/h5-18H,3-4,19H2,1-2H3,(H,30,33). The van der Waals surface area contributed by atoms with Crippen LogP contribution in [0, 0.1) is 0 Å². The first kappa shape index (κ1) is 24.6. The molecule has 0 unspecified atom stereocenters. The van der Waals surface area contributed by atoms with Gasteiger partial charge in [0.05, 0.1) is 17.9 Å². The molecule has 0 radical (unpaired) electrons. The summed E-state index contributed by atoms with van der Waals surface area (Å²) in [4.78, 5) is 38.9. The Morgan fingerprint density at radius 1 is 0.889 bits per heavy atom. The Morgan fingerprint density at radius 2 is 1.50 bits per heavy atom. The molecule has 1 N–H and O–H groups in total. The third-order valence-corrected chi connectivity index (χ3v) is 5.69. The quantitative estimate of drug-likeness (QED) is 0.272. The van der Waals surface area contributed by atoms with Gasteiger partial charge in [-0.05, 0) is 36.2 Å². The van der Waals surface area contributed by atoms with Crippen LogP contribution in [0.1, 0.15) is 40.5 Å². The van der Waals surface area contributed by atoms with E-state index in [-0.39, 0.29) is 5.56 Å². The van der Waals surface area contributed by atoms with Crippen molar-refractivity contribution in [3.8, 4) is 22.4 Å². The van der Waals surface area contributed by atoms with E-state index in [2.05, 4.69) is 10.4 Å². The predicted molar refractivity (Wildman–Crippen MR) is 140 cm³/mol. The van der Waals surface area contributed by atoms with Crippen molar-refractivity contribution >= 4 is 17.6 Å². The lowest BCUT2D eigenvalue weighted by Gasteiger charge is -2.16. The second kappa shape index (κ2) is 11.3. The van der Waals surface area contributed by atoms with Gasteiger partial charge in [-0.15, -0.1) is 0 Å². The predicted octanol–water partition coefficient (Wildman–Crippen LogP) is 5.32. The number of esters is 1. The number of nitrogens with one attached hydrogen (secondary N) is 1. The maximum absolute atomic E-state index is 13.5. The van der Waals surface area contributed by atoms with E-state index >= 15 is 0 Å². The van der Waals surface area contributed by atoms with E-state index in [1.54, 1.807) is 24.3 Å². The number of benzene rings is 3. The third-order valence-electron chi connectivity index (χ3n) is 5.69. The van der Waals surface area contributed by atoms with Gasteiger partial charge in [0.15, 0.2) is 0 Å². The van der Waals surface area contributed by atoms with Crippen LogP contribution in [0.3, 0.4) is 0 Å². The van der Waals surface area contributed by atoms with E-state index in [1.165, 1.54) is 11.7 Å². The summed E-state index contributed by atoms with van der Waals surface area (Å²) in [6.07, 6.45) is 1.74. The van der Waals surface area contributed by atoms with Crippen molar-refractivity contribution in [3.05, 3.63) is 106 Å². The fraction of sp³-hybridized carbons (Fsp3) is 0.172. The van der Waals surface area contributed by atoms with Crippen molar-refractivity contribution in [1.82, 2.24) is 9.78 Å². The lowest BCUT2D eigenvalue weighted by atomic mass is 9.95. The van der Waals surface area contributed by atoms with Gasteiger partial charge in [-0.2, -0.15) is 5.10 Å². The van der Waals surface area contributed by atoms with Crippen LogP contribution in [-0.4, -0.2) is 28.3 Å². The Labute approximate surface area is 209 Å². The van der Waals surface area contributed by atoms with Crippen molar-refractivity contribution < 1.29 is 14.3 Å². The van der Waals surface area contributed by atoms with E-state index in [0.717, 1.165) is 18.4 Å². The Bertz CT molecular complexity index is 1410. The van der Waals surface area contributed by atoms with E-state index in [9.17, 15) is 14.4 Å². The maximum atomic E-state index is 13.5. The van der Waals surface area contributed by atoms with Gasteiger partial charge in [0, 0.05) is 23.9 Å². The lowest BCUT2D eigenvalue weighted by Crippen LogP contribution is -2.31. The number of carbonyl (C=O) groups is 2. The Kier molecular flexibility index (Phi) is 7.70. The SMILES string of the molecule is CCCCOC(=O)c1ccc(NC(=O)c2c(-c3ccccc3)c(-c3ccccc3)nn(C)c2=O)cc1. The smallest absolute Gasteiger partial charge is 0.338 e. The molecule has 0 saturated heterocycles. The van der Waals surface area contributed by atoms with Crippen molar-refractivity contribution in [1.29, 1.82) is 0 Å². The normalized spacial score (nSPS) is 10.6. The molecule has 0 atom stereocenters.